The van der Waals surface area contributed by atoms with Gasteiger partial charge in [-0.25, -0.2) is 4.79 Å². The maximum absolute atomic E-state index is 12.1. The molecule has 0 aromatic carbocycles. The third kappa shape index (κ3) is 4.45. The van der Waals surface area contributed by atoms with Crippen LogP contribution in [0, 0.1) is 0 Å². The van der Waals surface area contributed by atoms with Crippen molar-refractivity contribution in [2.75, 3.05) is 13.2 Å². The fourth-order valence-corrected chi connectivity index (χ4v) is 3.44. The third-order valence-corrected chi connectivity index (χ3v) is 4.82. The maximum atomic E-state index is 12.1. The molecule has 0 radical (unpaired) electrons. The predicted octanol–water partition coefficient (Wildman–Crippen LogP) is 2.91. The first-order valence-electron chi connectivity index (χ1n) is 8.93. The number of carbonyl (C=O) groups excluding carboxylic acids is 1. The lowest BCUT2D eigenvalue weighted by atomic mass is 10.1. The monoisotopic (exact) mass is 333 g/mol. The fraction of sp³-hybridized carbons (Fsp3) is 0.667. The highest BCUT2D eigenvalue weighted by atomic mass is 16.7. The van der Waals surface area contributed by atoms with Gasteiger partial charge in [-0.05, 0) is 37.5 Å². The van der Waals surface area contributed by atoms with Gasteiger partial charge in [-0.3, -0.25) is 4.98 Å². The zero-order valence-corrected chi connectivity index (χ0v) is 14.3. The van der Waals surface area contributed by atoms with Crippen LogP contribution in [0.15, 0.2) is 24.5 Å². The number of urea groups is 1. The van der Waals surface area contributed by atoms with Gasteiger partial charge in [-0.1, -0.05) is 12.8 Å². The quantitative estimate of drug-likeness (QED) is 0.889. The lowest BCUT2D eigenvalue weighted by Crippen LogP contribution is -2.42. The number of rotatable bonds is 4. The Kier molecular flexibility index (Phi) is 5.68. The Morgan fingerprint density at radius 3 is 2.71 bits per heavy atom. The molecular formula is C18H27N3O3. The minimum absolute atomic E-state index is 0.0647. The summed E-state index contributed by atoms with van der Waals surface area (Å²) in [6.07, 6.45) is 10.1. The molecule has 0 unspecified atom stereocenters. The van der Waals surface area contributed by atoms with Gasteiger partial charge in [-0.15, -0.1) is 0 Å². The summed E-state index contributed by atoms with van der Waals surface area (Å²) in [6.45, 7) is 2.97. The van der Waals surface area contributed by atoms with Gasteiger partial charge < -0.3 is 20.1 Å². The van der Waals surface area contributed by atoms with E-state index in [1.807, 2.05) is 19.1 Å². The number of nitrogens with one attached hydrogen (secondary N) is 2. The number of aromatic nitrogens is 1. The van der Waals surface area contributed by atoms with Gasteiger partial charge in [-0.2, -0.15) is 0 Å². The lowest BCUT2D eigenvalue weighted by Gasteiger charge is -2.26. The minimum Gasteiger partial charge on any atom is -0.347 e. The smallest absolute Gasteiger partial charge is 0.315 e. The van der Waals surface area contributed by atoms with Gasteiger partial charge in [0.25, 0.3) is 0 Å². The Balaban J connectivity index is 1.42. The largest absolute Gasteiger partial charge is 0.347 e. The zero-order valence-electron chi connectivity index (χ0n) is 14.3. The first-order chi connectivity index (χ1) is 11.7. The van der Waals surface area contributed by atoms with E-state index in [0.29, 0.717) is 13.2 Å². The highest BCUT2D eigenvalue weighted by Gasteiger charge is 2.41. The number of pyridine rings is 1. The molecule has 132 valence electrons. The number of amides is 2. The highest BCUT2D eigenvalue weighted by molar-refractivity contribution is 5.74. The zero-order chi connectivity index (χ0) is 16.8. The van der Waals surface area contributed by atoms with Gasteiger partial charge in [0, 0.05) is 31.8 Å². The van der Waals surface area contributed by atoms with Crippen LogP contribution in [-0.2, 0) is 9.47 Å². The van der Waals surface area contributed by atoms with E-state index in [9.17, 15) is 4.79 Å². The summed E-state index contributed by atoms with van der Waals surface area (Å²) in [6, 6.07) is 3.54. The Morgan fingerprint density at radius 2 is 2.00 bits per heavy atom. The van der Waals surface area contributed by atoms with Gasteiger partial charge >= 0.3 is 6.03 Å². The van der Waals surface area contributed by atoms with Crippen LogP contribution >= 0.6 is 0 Å². The van der Waals surface area contributed by atoms with E-state index in [-0.39, 0.29) is 18.2 Å². The molecule has 0 bridgehead atoms. The molecule has 3 rings (SSSR count). The second-order valence-electron chi connectivity index (χ2n) is 6.73. The average Bonchev–Trinajstić information content (AvgIpc) is 2.85. The van der Waals surface area contributed by atoms with Crippen molar-refractivity contribution in [3.05, 3.63) is 30.1 Å². The van der Waals surface area contributed by atoms with Crippen molar-refractivity contribution in [1.29, 1.82) is 0 Å². The Morgan fingerprint density at radius 1 is 1.29 bits per heavy atom. The van der Waals surface area contributed by atoms with Crippen LogP contribution in [0.2, 0.25) is 0 Å². The molecule has 24 heavy (non-hydrogen) atoms. The first kappa shape index (κ1) is 17.2. The van der Waals surface area contributed by atoms with E-state index in [2.05, 4.69) is 15.6 Å². The van der Waals surface area contributed by atoms with Crippen molar-refractivity contribution in [2.45, 2.75) is 63.4 Å². The number of carbonyl (C=O) groups is 1. The van der Waals surface area contributed by atoms with Crippen molar-refractivity contribution in [1.82, 2.24) is 15.6 Å². The number of nitrogens with zero attached hydrogens (tertiary/aromatic N) is 1. The summed E-state index contributed by atoms with van der Waals surface area (Å²) in [5.74, 6) is -0.399. The van der Waals surface area contributed by atoms with Gasteiger partial charge in [0.2, 0.25) is 0 Å². The molecule has 2 atom stereocenters. The van der Waals surface area contributed by atoms with Crippen LogP contribution in [0.1, 0.15) is 57.1 Å². The first-order valence-corrected chi connectivity index (χ1v) is 8.93. The molecule has 2 N–H and O–H groups in total. The van der Waals surface area contributed by atoms with E-state index in [4.69, 9.17) is 9.47 Å². The standard InChI is InChI=1S/C18H27N3O3/c1-14(15-6-10-19-11-7-15)21-17(22)20-12-16-13-23-18(24-16)8-4-2-3-5-9-18/h6-7,10-11,14,16H,2-5,8-9,12-13H2,1H3,(H2,20,21,22)/t14-,16+/m0/s1. The molecule has 6 heteroatoms. The maximum Gasteiger partial charge on any atom is 0.315 e. The molecule has 1 aliphatic heterocycles. The fourth-order valence-electron chi connectivity index (χ4n) is 3.44. The molecule has 1 saturated heterocycles. The predicted molar refractivity (Wildman–Crippen MR) is 90.4 cm³/mol. The molecule has 1 spiro atoms. The molecule has 1 saturated carbocycles. The van der Waals surface area contributed by atoms with E-state index in [1.54, 1.807) is 12.4 Å². The van der Waals surface area contributed by atoms with E-state index >= 15 is 0 Å². The van der Waals surface area contributed by atoms with E-state index in [0.717, 1.165) is 31.2 Å². The highest BCUT2D eigenvalue weighted by Crippen LogP contribution is 2.36. The van der Waals surface area contributed by atoms with Crippen LogP contribution in [0.25, 0.3) is 0 Å². The molecular weight excluding hydrogens is 306 g/mol. The van der Waals surface area contributed by atoms with Crippen molar-refractivity contribution in [2.24, 2.45) is 0 Å². The molecule has 1 aliphatic carbocycles. The summed E-state index contributed by atoms with van der Waals surface area (Å²) in [5, 5.41) is 5.82. The molecule has 2 amide bonds. The Bertz CT molecular complexity index is 530. The molecule has 1 aromatic rings. The SMILES string of the molecule is C[C@H](NC(=O)NC[C@@H]1COC2(CCCCCC2)O1)c1ccncc1. The third-order valence-electron chi connectivity index (χ3n) is 4.82. The molecule has 2 aliphatic rings. The normalized spacial score (nSPS) is 24.3. The number of ether oxygens (including phenoxy) is 2. The van der Waals surface area contributed by atoms with Crippen molar-refractivity contribution in [3.63, 3.8) is 0 Å². The second-order valence-corrected chi connectivity index (χ2v) is 6.73. The number of hydrogen-bond donors (Lipinski definition) is 2. The molecule has 6 nitrogen and oxygen atoms in total. The second kappa shape index (κ2) is 7.94. The summed E-state index contributed by atoms with van der Waals surface area (Å²) >= 11 is 0. The number of hydrogen-bond acceptors (Lipinski definition) is 4. The van der Waals surface area contributed by atoms with Crippen LogP contribution < -0.4 is 10.6 Å². The molecule has 1 aromatic heterocycles. The van der Waals surface area contributed by atoms with Crippen molar-refractivity contribution < 1.29 is 14.3 Å². The average molecular weight is 333 g/mol. The van der Waals surface area contributed by atoms with Crippen LogP contribution in [0.4, 0.5) is 4.79 Å². The van der Waals surface area contributed by atoms with Crippen LogP contribution in [0.3, 0.4) is 0 Å². The summed E-state index contributed by atoms with van der Waals surface area (Å²) in [7, 11) is 0. The Labute approximate surface area is 143 Å². The van der Waals surface area contributed by atoms with Gasteiger partial charge in [0.05, 0.1) is 12.6 Å². The van der Waals surface area contributed by atoms with Crippen molar-refractivity contribution >= 4 is 6.03 Å². The Hall–Kier alpha value is -1.66. The van der Waals surface area contributed by atoms with Gasteiger partial charge in [0.15, 0.2) is 5.79 Å². The van der Waals surface area contributed by atoms with Crippen molar-refractivity contribution in [3.8, 4) is 0 Å². The van der Waals surface area contributed by atoms with Crippen LogP contribution in [0.5, 0.6) is 0 Å². The van der Waals surface area contributed by atoms with E-state index in [1.165, 1.54) is 12.8 Å². The summed E-state index contributed by atoms with van der Waals surface area (Å²) < 4.78 is 12.1. The molecule has 2 heterocycles. The topological polar surface area (TPSA) is 72.5 Å². The minimum atomic E-state index is -0.399. The van der Waals surface area contributed by atoms with Crippen LogP contribution in [-0.4, -0.2) is 36.1 Å². The molecule has 2 fully saturated rings. The van der Waals surface area contributed by atoms with E-state index < -0.39 is 5.79 Å². The summed E-state index contributed by atoms with van der Waals surface area (Å²) in [4.78, 5) is 16.1. The van der Waals surface area contributed by atoms with Gasteiger partial charge in [0.1, 0.15) is 6.10 Å². The summed E-state index contributed by atoms with van der Waals surface area (Å²) in [5.41, 5.74) is 1.03. The lowest BCUT2D eigenvalue weighted by molar-refractivity contribution is -0.175.